The van der Waals surface area contributed by atoms with Crippen molar-refractivity contribution in [2.45, 2.75) is 14.7 Å². The lowest BCUT2D eigenvalue weighted by Crippen LogP contribution is -1.91. The quantitative estimate of drug-likeness (QED) is 0.272. The first kappa shape index (κ1) is 31.4. The molecule has 0 saturated heterocycles. The molecule has 3 rings (SSSR count). The normalized spacial score (nSPS) is 11.5. The third-order valence-corrected chi connectivity index (χ3v) is 8.65. The second-order valence-corrected chi connectivity index (χ2v) is 15.2. The van der Waals surface area contributed by atoms with Crippen molar-refractivity contribution in [1.29, 1.82) is 0 Å². The number of hydrogen-bond donors (Lipinski definition) is 0. The van der Waals surface area contributed by atoms with Gasteiger partial charge in [0, 0.05) is 41.5 Å². The van der Waals surface area contributed by atoms with Crippen LogP contribution in [-0.4, -0.2) is 25.3 Å². The van der Waals surface area contributed by atoms with Gasteiger partial charge in [-0.2, -0.15) is 0 Å². The van der Waals surface area contributed by atoms with Crippen molar-refractivity contribution in [3.05, 3.63) is 87.1 Å². The van der Waals surface area contributed by atoms with Crippen LogP contribution in [0.25, 0.3) is 0 Å². The van der Waals surface area contributed by atoms with Crippen LogP contribution >= 0.6 is 71.2 Å². The molecule has 0 N–H and O–H groups in total. The SMILES string of the molecule is O=S(=O)(Cl)c1cc(Cl)ccc1Cl.O=S(=O)(Cl)c1ccc(Br)cc1.O=S(=O)(Cl)c1ccc(F)cc1. The van der Waals surface area contributed by atoms with E-state index in [1.165, 1.54) is 30.3 Å². The summed E-state index contributed by atoms with van der Waals surface area (Å²) in [7, 11) is 4.01. The molecule has 3 aromatic carbocycles. The zero-order chi connectivity index (χ0) is 26.3. The number of rotatable bonds is 3. The van der Waals surface area contributed by atoms with Crippen LogP contribution in [0.5, 0.6) is 0 Å². The molecule has 34 heavy (non-hydrogen) atoms. The van der Waals surface area contributed by atoms with Gasteiger partial charge >= 0.3 is 0 Å². The largest absolute Gasteiger partial charge is 0.262 e. The molecule has 0 spiro atoms. The van der Waals surface area contributed by atoms with E-state index in [0.29, 0.717) is 0 Å². The molecule has 0 amide bonds. The number of benzene rings is 3. The van der Waals surface area contributed by atoms with Gasteiger partial charge in [0.15, 0.2) is 0 Å². The van der Waals surface area contributed by atoms with Crippen molar-refractivity contribution in [3.63, 3.8) is 0 Å². The predicted octanol–water partition coefficient (Wildman–Crippen LogP) is 7.05. The predicted molar refractivity (Wildman–Crippen MR) is 136 cm³/mol. The third-order valence-electron chi connectivity index (χ3n) is 3.35. The lowest BCUT2D eigenvalue weighted by Gasteiger charge is -1.98. The average Bonchev–Trinajstić information content (AvgIpc) is 2.69. The van der Waals surface area contributed by atoms with Gasteiger partial charge in [0.25, 0.3) is 27.2 Å². The van der Waals surface area contributed by atoms with Gasteiger partial charge in [0.2, 0.25) is 0 Å². The van der Waals surface area contributed by atoms with Crippen LogP contribution in [0.4, 0.5) is 4.39 Å². The highest BCUT2D eigenvalue weighted by Crippen LogP contribution is 2.27. The number of hydrogen-bond acceptors (Lipinski definition) is 6. The fourth-order valence-corrected chi connectivity index (χ4v) is 5.39. The molecule has 0 radical (unpaired) electrons. The zero-order valence-electron chi connectivity index (χ0n) is 16.2. The van der Waals surface area contributed by atoms with Gasteiger partial charge in [-0.25, -0.2) is 29.6 Å². The van der Waals surface area contributed by atoms with E-state index in [1.54, 1.807) is 12.1 Å². The molecule has 0 unspecified atom stereocenters. The maximum Gasteiger partial charge on any atom is 0.262 e. The Labute approximate surface area is 227 Å². The van der Waals surface area contributed by atoms with E-state index in [-0.39, 0.29) is 24.7 Å². The van der Waals surface area contributed by atoms with E-state index in [1.807, 2.05) is 0 Å². The zero-order valence-corrected chi connectivity index (χ0v) is 24.0. The molecule has 0 atom stereocenters. The Morgan fingerprint density at radius 3 is 1.38 bits per heavy atom. The van der Waals surface area contributed by atoms with Crippen molar-refractivity contribution >= 4 is 98.3 Å². The Morgan fingerprint density at radius 1 is 0.618 bits per heavy atom. The minimum Gasteiger partial charge on any atom is -0.207 e. The minimum absolute atomic E-state index is 0.0643. The molecule has 0 fully saturated rings. The summed E-state index contributed by atoms with van der Waals surface area (Å²) in [5, 5.41) is 0.341. The molecule has 6 nitrogen and oxygen atoms in total. The molecule has 0 bridgehead atoms. The summed E-state index contributed by atoms with van der Waals surface area (Å²) >= 11 is 14.3. The van der Waals surface area contributed by atoms with Crippen molar-refractivity contribution < 1.29 is 29.6 Å². The Hall–Kier alpha value is -0.630. The van der Waals surface area contributed by atoms with Gasteiger partial charge < -0.3 is 0 Å². The van der Waals surface area contributed by atoms with E-state index in [4.69, 9.17) is 55.2 Å². The summed E-state index contributed by atoms with van der Waals surface area (Å²) in [5.74, 6) is -0.492. The summed E-state index contributed by atoms with van der Waals surface area (Å²) in [6.07, 6.45) is 0. The van der Waals surface area contributed by atoms with Gasteiger partial charge in [-0.1, -0.05) is 39.1 Å². The van der Waals surface area contributed by atoms with E-state index < -0.39 is 33.0 Å². The van der Waals surface area contributed by atoms with Gasteiger partial charge in [-0.3, -0.25) is 0 Å². The minimum atomic E-state index is -3.80. The average molecular weight is 696 g/mol. The molecule has 16 heteroatoms. The molecule has 0 heterocycles. The molecule has 0 aliphatic rings. The van der Waals surface area contributed by atoms with Gasteiger partial charge in [0.1, 0.15) is 10.7 Å². The van der Waals surface area contributed by atoms with Gasteiger partial charge in [-0.15, -0.1) is 0 Å². The molecule has 0 aliphatic carbocycles. The standard InChI is InChI=1S/C6H4BrClO2S.C6H3Cl3O2S.C6H4ClFO2S/c7-5-1-3-6(4-2-5)11(8,9)10;7-4-1-2-5(8)6(3-4)12(9,10)11;7-11(9,10)6-3-1-5(8)2-4-6/h1-4H;1-3H;1-4H. The van der Waals surface area contributed by atoms with E-state index in [9.17, 15) is 29.6 Å². The van der Waals surface area contributed by atoms with E-state index in [0.717, 1.165) is 28.7 Å². The van der Waals surface area contributed by atoms with Gasteiger partial charge in [0.05, 0.1) is 14.8 Å². The van der Waals surface area contributed by atoms with Crippen molar-refractivity contribution in [2.75, 3.05) is 0 Å². The van der Waals surface area contributed by atoms with Crippen LogP contribution in [0.15, 0.2) is 85.9 Å². The maximum atomic E-state index is 12.2. The Morgan fingerprint density at radius 2 is 1.03 bits per heavy atom. The number of halogens is 7. The Balaban J connectivity index is 0.000000255. The van der Waals surface area contributed by atoms with Crippen molar-refractivity contribution in [1.82, 2.24) is 0 Å². The first-order valence-corrected chi connectivity index (χ1v) is 16.7. The summed E-state index contributed by atoms with van der Waals surface area (Å²) in [5.41, 5.74) is 0. The summed E-state index contributed by atoms with van der Waals surface area (Å²) < 4.78 is 77.3. The van der Waals surface area contributed by atoms with Crippen LogP contribution < -0.4 is 0 Å². The first-order valence-electron chi connectivity index (χ1n) is 8.21. The topological polar surface area (TPSA) is 102 Å². The maximum absolute atomic E-state index is 12.2. The fraction of sp³-hybridized carbons (Fsp3) is 0. The van der Waals surface area contributed by atoms with Gasteiger partial charge in [-0.05, 0) is 66.7 Å². The fourth-order valence-electron chi connectivity index (χ4n) is 1.86. The summed E-state index contributed by atoms with van der Waals surface area (Å²) in [6, 6.07) is 14.5. The lowest BCUT2D eigenvalue weighted by atomic mass is 10.4. The smallest absolute Gasteiger partial charge is 0.207 e. The highest BCUT2D eigenvalue weighted by atomic mass is 79.9. The van der Waals surface area contributed by atoms with Crippen LogP contribution in [0.1, 0.15) is 0 Å². The molecule has 0 aromatic heterocycles. The summed E-state index contributed by atoms with van der Waals surface area (Å²) in [6.45, 7) is 0. The van der Waals surface area contributed by atoms with E-state index in [2.05, 4.69) is 15.9 Å². The molecule has 0 aliphatic heterocycles. The Bertz CT molecular complexity index is 1380. The molecular weight excluding hydrogens is 685 g/mol. The van der Waals surface area contributed by atoms with Crippen molar-refractivity contribution in [3.8, 4) is 0 Å². The van der Waals surface area contributed by atoms with E-state index >= 15 is 0 Å². The first-order chi connectivity index (χ1) is 15.4. The third kappa shape index (κ3) is 11.4. The van der Waals surface area contributed by atoms with Crippen LogP contribution in [0, 0.1) is 5.82 Å². The highest BCUT2D eigenvalue weighted by Gasteiger charge is 2.14. The molecule has 0 saturated carbocycles. The second kappa shape index (κ2) is 13.1. The second-order valence-electron chi connectivity index (χ2n) is 5.80. The Kier molecular flexibility index (Phi) is 12.1. The van der Waals surface area contributed by atoms with Crippen molar-refractivity contribution in [2.24, 2.45) is 0 Å². The monoisotopic (exact) mass is 692 g/mol. The molecule has 3 aromatic rings. The molecule has 186 valence electrons. The van der Waals surface area contributed by atoms with Crippen LogP contribution in [0.3, 0.4) is 0 Å². The summed E-state index contributed by atoms with van der Waals surface area (Å²) in [4.78, 5) is -0.152. The van der Waals surface area contributed by atoms with Crippen LogP contribution in [-0.2, 0) is 27.2 Å². The highest BCUT2D eigenvalue weighted by molar-refractivity contribution is 9.10. The lowest BCUT2D eigenvalue weighted by molar-refractivity contribution is 0.606. The molecular formula is C18H11BrCl5FO6S3. The van der Waals surface area contributed by atoms with Crippen LogP contribution in [0.2, 0.25) is 10.0 Å².